The molecule has 1 aromatic rings. The van der Waals surface area contributed by atoms with Crippen LogP contribution in [0.3, 0.4) is 0 Å². The number of aliphatic hydroxyl groups excluding tert-OH is 1. The number of carbonyl (C=O) groups is 1. The van der Waals surface area contributed by atoms with Gasteiger partial charge in [0.25, 0.3) is 5.69 Å². The number of non-ortho nitro benzene ring substituents is 1. The Hall–Kier alpha value is -1.79. The number of ether oxygens (including phenoxy) is 1. The van der Waals surface area contributed by atoms with Crippen molar-refractivity contribution in [3.63, 3.8) is 0 Å². The van der Waals surface area contributed by atoms with Gasteiger partial charge in [0.2, 0.25) is 0 Å². The molecule has 0 saturated carbocycles. The first-order chi connectivity index (χ1) is 8.04. The van der Waals surface area contributed by atoms with Gasteiger partial charge in [-0.1, -0.05) is 0 Å². The highest BCUT2D eigenvalue weighted by Gasteiger charge is 2.14. The van der Waals surface area contributed by atoms with Crippen LogP contribution in [-0.4, -0.2) is 29.5 Å². The summed E-state index contributed by atoms with van der Waals surface area (Å²) in [6.45, 7) is -0.0515. The number of ketones is 1. The Morgan fingerprint density at radius 3 is 2.53 bits per heavy atom. The fourth-order valence-corrected chi connectivity index (χ4v) is 1.37. The highest BCUT2D eigenvalue weighted by Crippen LogP contribution is 2.20. The van der Waals surface area contributed by atoms with Crippen LogP contribution in [0, 0.1) is 10.1 Å². The molecule has 1 N–H and O–H groups in total. The highest BCUT2D eigenvalue weighted by atomic mass is 16.6. The van der Waals surface area contributed by atoms with E-state index in [-0.39, 0.29) is 24.5 Å². The maximum atomic E-state index is 11.2. The molecule has 1 atom stereocenters. The molecule has 6 nitrogen and oxygen atoms in total. The van der Waals surface area contributed by atoms with E-state index in [0.29, 0.717) is 5.56 Å². The molecule has 17 heavy (non-hydrogen) atoms. The lowest BCUT2D eigenvalue weighted by atomic mass is 10.0. The second kappa shape index (κ2) is 6.07. The van der Waals surface area contributed by atoms with Crippen LogP contribution in [0.15, 0.2) is 24.3 Å². The fourth-order valence-electron chi connectivity index (χ4n) is 1.37. The summed E-state index contributed by atoms with van der Waals surface area (Å²) in [7, 11) is 1.40. The predicted octanol–water partition coefficient (Wildman–Crippen LogP) is 1.23. The minimum atomic E-state index is -0.960. The molecule has 0 aromatic heterocycles. The van der Waals surface area contributed by atoms with Gasteiger partial charge in [-0.2, -0.15) is 0 Å². The zero-order valence-electron chi connectivity index (χ0n) is 9.33. The number of hydrogen-bond acceptors (Lipinski definition) is 5. The van der Waals surface area contributed by atoms with E-state index in [0.717, 1.165) is 0 Å². The third kappa shape index (κ3) is 3.93. The Kier molecular flexibility index (Phi) is 4.74. The Morgan fingerprint density at radius 2 is 2.06 bits per heavy atom. The number of rotatable bonds is 6. The molecular formula is C11H13NO5. The van der Waals surface area contributed by atoms with Crippen molar-refractivity contribution in [3.05, 3.63) is 39.9 Å². The number of nitrogens with zero attached hydrogens (tertiary/aromatic N) is 1. The summed E-state index contributed by atoms with van der Waals surface area (Å²) in [6, 6.07) is 5.45. The molecule has 0 amide bonds. The second-order valence-corrected chi connectivity index (χ2v) is 3.54. The van der Waals surface area contributed by atoms with Gasteiger partial charge in [-0.05, 0) is 17.7 Å². The number of hydrogen-bond donors (Lipinski definition) is 1. The largest absolute Gasteiger partial charge is 0.388 e. The number of nitro benzene ring substituents is 1. The number of methoxy groups -OCH3 is 1. The van der Waals surface area contributed by atoms with Gasteiger partial charge < -0.3 is 9.84 Å². The summed E-state index contributed by atoms with van der Waals surface area (Å²) < 4.78 is 4.64. The molecule has 0 aliphatic heterocycles. The number of carbonyl (C=O) groups excluding carboxylic acids is 1. The maximum Gasteiger partial charge on any atom is 0.269 e. The van der Waals surface area contributed by atoms with Gasteiger partial charge >= 0.3 is 0 Å². The first kappa shape index (κ1) is 13.3. The maximum absolute atomic E-state index is 11.2. The summed E-state index contributed by atoms with van der Waals surface area (Å²) in [5.74, 6) is -0.224. The Balaban J connectivity index is 2.66. The average molecular weight is 239 g/mol. The van der Waals surface area contributed by atoms with Crippen LogP contribution < -0.4 is 0 Å². The molecule has 0 aliphatic rings. The van der Waals surface area contributed by atoms with Gasteiger partial charge in [-0.15, -0.1) is 0 Å². The SMILES string of the molecule is COCC(=O)C[C@@H](O)c1ccc([N+](=O)[O-])cc1. The molecule has 0 aliphatic carbocycles. The zero-order valence-corrected chi connectivity index (χ0v) is 9.33. The van der Waals surface area contributed by atoms with Crippen LogP contribution in [0.1, 0.15) is 18.1 Å². The lowest BCUT2D eigenvalue weighted by Crippen LogP contribution is -2.11. The summed E-state index contributed by atoms with van der Waals surface area (Å²) in [5.41, 5.74) is 0.421. The van der Waals surface area contributed by atoms with Crippen LogP contribution >= 0.6 is 0 Å². The van der Waals surface area contributed by atoms with Crippen LogP contribution in [0.25, 0.3) is 0 Å². The van der Waals surface area contributed by atoms with Crippen molar-refractivity contribution in [1.29, 1.82) is 0 Å². The van der Waals surface area contributed by atoms with E-state index >= 15 is 0 Å². The van der Waals surface area contributed by atoms with Crippen LogP contribution in [0.4, 0.5) is 5.69 Å². The van der Waals surface area contributed by atoms with Crippen molar-refractivity contribution >= 4 is 11.5 Å². The van der Waals surface area contributed by atoms with Crippen molar-refractivity contribution in [2.45, 2.75) is 12.5 Å². The Bertz CT molecular complexity index is 401. The van der Waals surface area contributed by atoms with E-state index in [9.17, 15) is 20.0 Å². The third-order valence-electron chi connectivity index (χ3n) is 2.22. The number of aliphatic hydroxyl groups is 1. The molecule has 0 bridgehead atoms. The molecule has 0 saturated heterocycles. The predicted molar refractivity (Wildman–Crippen MR) is 59.6 cm³/mol. The molecule has 6 heteroatoms. The summed E-state index contributed by atoms with van der Waals surface area (Å²) in [6.07, 6.45) is -1.02. The van der Waals surface area contributed by atoms with E-state index in [1.807, 2.05) is 0 Å². The van der Waals surface area contributed by atoms with Gasteiger partial charge in [0.05, 0.1) is 11.0 Å². The fraction of sp³-hybridized carbons (Fsp3) is 0.364. The molecule has 0 spiro atoms. The van der Waals surface area contributed by atoms with Gasteiger partial charge in [0.1, 0.15) is 6.61 Å². The Labute approximate surface area is 98.0 Å². The lowest BCUT2D eigenvalue weighted by molar-refractivity contribution is -0.384. The standard InChI is InChI=1S/C11H13NO5/c1-17-7-10(13)6-11(14)8-2-4-9(5-3-8)12(15)16/h2-5,11,14H,6-7H2,1H3/t11-/m1/s1. The van der Waals surface area contributed by atoms with Crippen molar-refractivity contribution in [3.8, 4) is 0 Å². The van der Waals surface area contributed by atoms with Crippen LogP contribution in [0.2, 0.25) is 0 Å². The quantitative estimate of drug-likeness (QED) is 0.595. The lowest BCUT2D eigenvalue weighted by Gasteiger charge is -2.09. The van der Waals surface area contributed by atoms with Gasteiger partial charge in [0.15, 0.2) is 5.78 Å². The normalized spacial score (nSPS) is 12.1. The third-order valence-corrected chi connectivity index (χ3v) is 2.22. The molecule has 0 radical (unpaired) electrons. The summed E-state index contributed by atoms with van der Waals surface area (Å²) in [5, 5.41) is 20.1. The van der Waals surface area contributed by atoms with E-state index in [2.05, 4.69) is 4.74 Å². The summed E-state index contributed by atoms with van der Waals surface area (Å²) in [4.78, 5) is 21.1. The monoisotopic (exact) mass is 239 g/mol. The first-order valence-electron chi connectivity index (χ1n) is 4.97. The molecule has 0 fully saturated rings. The minimum absolute atomic E-state index is 0.0515. The van der Waals surface area contributed by atoms with E-state index in [1.54, 1.807) is 0 Å². The molecule has 0 heterocycles. The Morgan fingerprint density at radius 1 is 1.47 bits per heavy atom. The van der Waals surface area contributed by atoms with Crippen molar-refractivity contribution in [2.24, 2.45) is 0 Å². The van der Waals surface area contributed by atoms with E-state index in [1.165, 1.54) is 31.4 Å². The molecule has 1 rings (SSSR count). The van der Waals surface area contributed by atoms with Crippen molar-refractivity contribution in [1.82, 2.24) is 0 Å². The topological polar surface area (TPSA) is 89.7 Å². The molecule has 92 valence electrons. The smallest absolute Gasteiger partial charge is 0.269 e. The first-order valence-corrected chi connectivity index (χ1v) is 4.97. The molecule has 1 aromatic carbocycles. The highest BCUT2D eigenvalue weighted by molar-refractivity contribution is 5.80. The van der Waals surface area contributed by atoms with Gasteiger partial charge in [-0.3, -0.25) is 14.9 Å². The van der Waals surface area contributed by atoms with Crippen LogP contribution in [0.5, 0.6) is 0 Å². The van der Waals surface area contributed by atoms with Crippen molar-refractivity contribution < 1.29 is 19.6 Å². The van der Waals surface area contributed by atoms with E-state index < -0.39 is 11.0 Å². The number of Topliss-reactive ketones (excluding diaryl/α,β-unsaturated/α-hetero) is 1. The average Bonchev–Trinajstić information content (AvgIpc) is 2.29. The van der Waals surface area contributed by atoms with Crippen LogP contribution in [-0.2, 0) is 9.53 Å². The van der Waals surface area contributed by atoms with Gasteiger partial charge in [0, 0.05) is 25.7 Å². The van der Waals surface area contributed by atoms with E-state index in [4.69, 9.17) is 0 Å². The summed E-state index contributed by atoms with van der Waals surface area (Å²) >= 11 is 0. The molecule has 0 unspecified atom stereocenters. The molecular weight excluding hydrogens is 226 g/mol. The van der Waals surface area contributed by atoms with Crippen molar-refractivity contribution in [2.75, 3.05) is 13.7 Å². The number of nitro groups is 1. The second-order valence-electron chi connectivity index (χ2n) is 3.54. The zero-order chi connectivity index (χ0) is 12.8. The minimum Gasteiger partial charge on any atom is -0.388 e. The number of benzene rings is 1. The van der Waals surface area contributed by atoms with Gasteiger partial charge in [-0.25, -0.2) is 0 Å².